The van der Waals surface area contributed by atoms with E-state index in [1.165, 1.54) is 39.3 Å². The van der Waals surface area contributed by atoms with E-state index in [4.69, 9.17) is 25.8 Å². The highest BCUT2D eigenvalue weighted by molar-refractivity contribution is 6.31. The summed E-state index contributed by atoms with van der Waals surface area (Å²) in [5.74, 6) is -0.0811. The van der Waals surface area contributed by atoms with Crippen molar-refractivity contribution in [2.24, 2.45) is 0 Å². The summed E-state index contributed by atoms with van der Waals surface area (Å²) in [4.78, 5) is 24.0. The number of methoxy groups -OCH3 is 2. The van der Waals surface area contributed by atoms with Crippen LogP contribution >= 0.6 is 11.6 Å². The maximum Gasteiger partial charge on any atom is 0.308 e. The molecule has 0 aromatic heterocycles. The van der Waals surface area contributed by atoms with Gasteiger partial charge in [0.15, 0.2) is 17.3 Å². The molecule has 2 rings (SSSR count). The molecule has 0 fully saturated rings. The summed E-state index contributed by atoms with van der Waals surface area (Å²) in [6.07, 6.45) is 0. The first-order chi connectivity index (χ1) is 11.0. The molecule has 5 nitrogen and oxygen atoms in total. The van der Waals surface area contributed by atoms with Gasteiger partial charge >= 0.3 is 5.97 Å². The smallest absolute Gasteiger partial charge is 0.308 e. The molecule has 0 bridgehead atoms. The molecule has 0 saturated heterocycles. The second-order valence-corrected chi connectivity index (χ2v) is 5.07. The average Bonchev–Trinajstić information content (AvgIpc) is 2.53. The summed E-state index contributed by atoms with van der Waals surface area (Å²) >= 11 is 5.92. The Labute approximate surface area is 138 Å². The van der Waals surface area contributed by atoms with Crippen molar-refractivity contribution in [2.45, 2.75) is 6.92 Å². The van der Waals surface area contributed by atoms with E-state index in [1.54, 1.807) is 18.2 Å². The molecule has 0 spiro atoms. The molecule has 0 saturated carbocycles. The predicted octanol–water partition coefficient (Wildman–Crippen LogP) is 3.51. The summed E-state index contributed by atoms with van der Waals surface area (Å²) in [7, 11) is 2.91. The first-order valence-corrected chi connectivity index (χ1v) is 7.08. The fourth-order valence-corrected chi connectivity index (χ4v) is 2.25. The second kappa shape index (κ2) is 7.15. The van der Waals surface area contributed by atoms with Gasteiger partial charge in [0.1, 0.15) is 5.75 Å². The van der Waals surface area contributed by atoms with Crippen molar-refractivity contribution in [3.05, 3.63) is 52.5 Å². The van der Waals surface area contributed by atoms with Crippen LogP contribution in [-0.4, -0.2) is 26.0 Å². The van der Waals surface area contributed by atoms with E-state index in [2.05, 4.69) is 0 Å². The lowest BCUT2D eigenvalue weighted by Gasteiger charge is -2.14. The van der Waals surface area contributed by atoms with E-state index in [-0.39, 0.29) is 17.1 Å². The normalized spacial score (nSPS) is 10.1. The fraction of sp³-hybridized carbons (Fsp3) is 0.176. The zero-order chi connectivity index (χ0) is 17.0. The number of hydrogen-bond donors (Lipinski definition) is 0. The lowest BCUT2D eigenvalue weighted by Crippen LogP contribution is -2.09. The van der Waals surface area contributed by atoms with E-state index in [0.29, 0.717) is 22.1 Å². The largest absolute Gasteiger partial charge is 0.493 e. The van der Waals surface area contributed by atoms with Gasteiger partial charge in [-0.25, -0.2) is 0 Å². The summed E-state index contributed by atoms with van der Waals surface area (Å²) in [5, 5.41) is 0.436. The Hall–Kier alpha value is -2.53. The standard InChI is InChI=1S/C17H15ClO5/c1-10(19)23-14-9-16(22-3)15(21-2)8-13(14)17(20)11-5-4-6-12(18)7-11/h4-9H,1-3H3. The number of carbonyl (C=O) groups is 2. The van der Waals surface area contributed by atoms with E-state index in [0.717, 1.165) is 0 Å². The number of ketones is 1. The van der Waals surface area contributed by atoms with Crippen molar-refractivity contribution in [3.63, 3.8) is 0 Å². The highest BCUT2D eigenvalue weighted by Gasteiger charge is 2.20. The third kappa shape index (κ3) is 3.81. The molecule has 0 unspecified atom stereocenters. The fourth-order valence-electron chi connectivity index (χ4n) is 2.06. The molecule has 0 amide bonds. The highest BCUT2D eigenvalue weighted by Crippen LogP contribution is 2.36. The van der Waals surface area contributed by atoms with Crippen LogP contribution in [0, 0.1) is 0 Å². The monoisotopic (exact) mass is 334 g/mol. The Morgan fingerprint density at radius 2 is 1.61 bits per heavy atom. The number of rotatable bonds is 5. The molecule has 120 valence electrons. The maximum atomic E-state index is 12.7. The van der Waals surface area contributed by atoms with E-state index >= 15 is 0 Å². The van der Waals surface area contributed by atoms with Gasteiger partial charge in [0, 0.05) is 23.6 Å². The molecule has 0 N–H and O–H groups in total. The zero-order valence-corrected chi connectivity index (χ0v) is 13.6. The van der Waals surface area contributed by atoms with Crippen LogP contribution in [0.2, 0.25) is 5.02 Å². The molecular formula is C17H15ClO5. The minimum Gasteiger partial charge on any atom is -0.493 e. The molecule has 2 aromatic rings. The van der Waals surface area contributed by atoms with Gasteiger partial charge in [0.05, 0.1) is 19.8 Å². The number of esters is 1. The van der Waals surface area contributed by atoms with Crippen molar-refractivity contribution < 1.29 is 23.8 Å². The molecule has 0 aliphatic carbocycles. The molecular weight excluding hydrogens is 320 g/mol. The van der Waals surface area contributed by atoms with Crippen LogP contribution in [0.25, 0.3) is 0 Å². The lowest BCUT2D eigenvalue weighted by molar-refractivity contribution is -0.131. The molecule has 6 heteroatoms. The number of benzene rings is 2. The van der Waals surface area contributed by atoms with Crippen molar-refractivity contribution in [1.82, 2.24) is 0 Å². The van der Waals surface area contributed by atoms with Crippen molar-refractivity contribution in [2.75, 3.05) is 14.2 Å². The average molecular weight is 335 g/mol. The van der Waals surface area contributed by atoms with E-state index < -0.39 is 5.97 Å². The van der Waals surface area contributed by atoms with Crippen LogP contribution in [0.3, 0.4) is 0 Å². The third-order valence-corrected chi connectivity index (χ3v) is 3.31. The van der Waals surface area contributed by atoms with E-state index in [1.807, 2.05) is 0 Å². The van der Waals surface area contributed by atoms with Crippen molar-refractivity contribution >= 4 is 23.4 Å². The van der Waals surface area contributed by atoms with Gasteiger partial charge in [-0.1, -0.05) is 23.7 Å². The minimum absolute atomic E-state index is 0.0973. The predicted molar refractivity (Wildman–Crippen MR) is 85.7 cm³/mol. The van der Waals surface area contributed by atoms with Gasteiger partial charge < -0.3 is 14.2 Å². The lowest BCUT2D eigenvalue weighted by atomic mass is 10.0. The van der Waals surface area contributed by atoms with Crippen molar-refractivity contribution in [3.8, 4) is 17.2 Å². The quantitative estimate of drug-likeness (QED) is 0.475. The SMILES string of the molecule is COc1cc(OC(C)=O)c(C(=O)c2cccc(Cl)c2)cc1OC. The topological polar surface area (TPSA) is 61.8 Å². The number of halogens is 1. The molecule has 0 atom stereocenters. The van der Waals surface area contributed by atoms with Crippen molar-refractivity contribution in [1.29, 1.82) is 0 Å². The van der Waals surface area contributed by atoms with Gasteiger partial charge in [-0.2, -0.15) is 0 Å². The molecule has 2 aromatic carbocycles. The van der Waals surface area contributed by atoms with Gasteiger partial charge in [-0.15, -0.1) is 0 Å². The second-order valence-electron chi connectivity index (χ2n) is 4.64. The maximum absolute atomic E-state index is 12.7. The zero-order valence-electron chi connectivity index (χ0n) is 12.9. The van der Waals surface area contributed by atoms with E-state index in [9.17, 15) is 9.59 Å². The first kappa shape index (κ1) is 16.8. The van der Waals surface area contributed by atoms with Crippen LogP contribution in [0.1, 0.15) is 22.8 Å². The summed E-state index contributed by atoms with van der Waals surface area (Å²) < 4.78 is 15.5. The third-order valence-electron chi connectivity index (χ3n) is 3.07. The van der Waals surface area contributed by atoms with Crippen LogP contribution < -0.4 is 14.2 Å². The van der Waals surface area contributed by atoms with Gasteiger partial charge in [0.25, 0.3) is 0 Å². The number of ether oxygens (including phenoxy) is 3. The van der Waals surface area contributed by atoms with Gasteiger partial charge in [-0.3, -0.25) is 9.59 Å². The first-order valence-electron chi connectivity index (χ1n) is 6.71. The Balaban J connectivity index is 2.58. The molecule has 0 radical (unpaired) electrons. The molecule has 0 heterocycles. The Morgan fingerprint density at radius 3 is 2.17 bits per heavy atom. The van der Waals surface area contributed by atoms with Crippen LogP contribution in [0.4, 0.5) is 0 Å². The highest BCUT2D eigenvalue weighted by atomic mass is 35.5. The Morgan fingerprint density at radius 1 is 0.957 bits per heavy atom. The molecule has 0 aliphatic rings. The van der Waals surface area contributed by atoms with Crippen LogP contribution in [-0.2, 0) is 4.79 Å². The number of carbonyl (C=O) groups excluding carboxylic acids is 2. The Bertz CT molecular complexity index is 755. The Kier molecular flexibility index (Phi) is 5.24. The summed E-state index contributed by atoms with van der Waals surface area (Å²) in [6, 6.07) is 9.42. The summed E-state index contributed by atoms with van der Waals surface area (Å²) in [5.41, 5.74) is 0.554. The van der Waals surface area contributed by atoms with Gasteiger partial charge in [0.2, 0.25) is 0 Å². The molecule has 0 aliphatic heterocycles. The van der Waals surface area contributed by atoms with Crippen LogP contribution in [0.15, 0.2) is 36.4 Å². The van der Waals surface area contributed by atoms with Crippen LogP contribution in [0.5, 0.6) is 17.2 Å². The molecule has 23 heavy (non-hydrogen) atoms. The minimum atomic E-state index is -0.544. The van der Waals surface area contributed by atoms with Gasteiger partial charge in [-0.05, 0) is 18.2 Å². The summed E-state index contributed by atoms with van der Waals surface area (Å²) in [6.45, 7) is 1.25. The number of hydrogen-bond acceptors (Lipinski definition) is 5.